The highest BCUT2D eigenvalue weighted by molar-refractivity contribution is 7.89. The molecule has 1 aromatic rings. The number of aryl methyl sites for hydroxylation is 1. The molecular formula is C12H15FN2O5S. The fourth-order valence-electron chi connectivity index (χ4n) is 1.59. The van der Waals surface area contributed by atoms with Crippen LogP contribution in [-0.4, -0.2) is 50.3 Å². The highest BCUT2D eigenvalue weighted by Gasteiger charge is 2.26. The van der Waals surface area contributed by atoms with Crippen molar-refractivity contribution in [3.05, 3.63) is 29.1 Å². The molecule has 0 aromatic heterocycles. The molecule has 1 aromatic carbocycles. The first-order valence-corrected chi connectivity index (χ1v) is 7.25. The molecule has 2 N–H and O–H groups in total. The predicted octanol–water partition coefficient (Wildman–Crippen LogP) is 0.199. The summed E-state index contributed by atoms with van der Waals surface area (Å²) in [5, 5.41) is 11.2. The number of carbonyl (C=O) groups excluding carboxylic acids is 1. The highest BCUT2D eigenvalue weighted by Crippen LogP contribution is 2.21. The molecule has 0 bridgehead atoms. The summed E-state index contributed by atoms with van der Waals surface area (Å²) in [4.78, 5) is 21.8. The number of halogens is 1. The number of carbonyl (C=O) groups is 2. The Hall–Kier alpha value is -2.00. The van der Waals surface area contributed by atoms with Crippen molar-refractivity contribution in [2.75, 3.05) is 20.6 Å². The van der Waals surface area contributed by atoms with Gasteiger partial charge in [-0.05, 0) is 24.6 Å². The average molecular weight is 318 g/mol. The molecule has 0 atom stereocenters. The third kappa shape index (κ3) is 3.56. The number of likely N-dealkylation sites (N-methyl/N-ethyl adjacent to an activating group) is 2. The van der Waals surface area contributed by atoms with Crippen LogP contribution >= 0.6 is 0 Å². The van der Waals surface area contributed by atoms with Gasteiger partial charge in [0.25, 0.3) is 0 Å². The Morgan fingerprint density at radius 3 is 2.43 bits per heavy atom. The maximum atomic E-state index is 13.6. The van der Waals surface area contributed by atoms with Gasteiger partial charge < -0.3 is 10.4 Å². The summed E-state index contributed by atoms with van der Waals surface area (Å²) in [5.41, 5.74) is -0.844. The minimum atomic E-state index is -4.10. The van der Waals surface area contributed by atoms with E-state index in [1.807, 2.05) is 0 Å². The van der Waals surface area contributed by atoms with Crippen LogP contribution in [0.2, 0.25) is 0 Å². The van der Waals surface area contributed by atoms with Gasteiger partial charge in [0.2, 0.25) is 15.9 Å². The Morgan fingerprint density at radius 2 is 1.95 bits per heavy atom. The first kappa shape index (κ1) is 17.1. The van der Waals surface area contributed by atoms with E-state index >= 15 is 0 Å². The Kier molecular flexibility index (Phi) is 5.02. The van der Waals surface area contributed by atoms with E-state index in [0.717, 1.165) is 16.4 Å². The Morgan fingerprint density at radius 1 is 1.38 bits per heavy atom. The van der Waals surface area contributed by atoms with Crippen LogP contribution in [0.1, 0.15) is 15.9 Å². The maximum absolute atomic E-state index is 13.6. The lowest BCUT2D eigenvalue weighted by atomic mass is 10.1. The lowest BCUT2D eigenvalue weighted by Gasteiger charge is -2.17. The molecule has 0 unspecified atom stereocenters. The number of amides is 1. The number of carboxylic acids is 1. The standard InChI is InChI=1S/C12H15FN2O5S/c1-7-4-8(5-9(11(7)13)12(17)18)21(19,20)15(3)6-10(16)14-2/h4-5H,6H2,1-3H3,(H,14,16)(H,17,18). The van der Waals surface area contributed by atoms with E-state index in [-0.39, 0.29) is 10.5 Å². The van der Waals surface area contributed by atoms with Crippen LogP contribution in [0.4, 0.5) is 4.39 Å². The summed E-state index contributed by atoms with van der Waals surface area (Å²) in [5.74, 6) is -3.09. The zero-order valence-corrected chi connectivity index (χ0v) is 12.5. The van der Waals surface area contributed by atoms with E-state index in [9.17, 15) is 22.4 Å². The van der Waals surface area contributed by atoms with Crippen molar-refractivity contribution >= 4 is 21.9 Å². The number of benzene rings is 1. The fourth-order valence-corrected chi connectivity index (χ4v) is 2.83. The normalized spacial score (nSPS) is 11.5. The first-order valence-electron chi connectivity index (χ1n) is 5.81. The Bertz CT molecular complexity index is 687. The zero-order valence-electron chi connectivity index (χ0n) is 11.7. The van der Waals surface area contributed by atoms with Crippen molar-refractivity contribution in [1.29, 1.82) is 0 Å². The van der Waals surface area contributed by atoms with Gasteiger partial charge in [0.05, 0.1) is 17.0 Å². The van der Waals surface area contributed by atoms with Gasteiger partial charge in [-0.3, -0.25) is 4.79 Å². The van der Waals surface area contributed by atoms with E-state index < -0.39 is 39.8 Å². The highest BCUT2D eigenvalue weighted by atomic mass is 32.2. The molecule has 0 fully saturated rings. The number of rotatable bonds is 5. The Labute approximate surface area is 121 Å². The average Bonchev–Trinajstić information content (AvgIpc) is 2.40. The van der Waals surface area contributed by atoms with Crippen LogP contribution < -0.4 is 5.32 Å². The van der Waals surface area contributed by atoms with Crippen molar-refractivity contribution in [1.82, 2.24) is 9.62 Å². The zero-order chi connectivity index (χ0) is 16.4. The van der Waals surface area contributed by atoms with Crippen LogP contribution in [0, 0.1) is 12.7 Å². The second-order valence-corrected chi connectivity index (χ2v) is 6.39. The van der Waals surface area contributed by atoms with E-state index in [4.69, 9.17) is 5.11 Å². The van der Waals surface area contributed by atoms with Gasteiger partial charge in [-0.15, -0.1) is 0 Å². The van der Waals surface area contributed by atoms with E-state index in [1.165, 1.54) is 21.0 Å². The van der Waals surface area contributed by atoms with E-state index in [2.05, 4.69) is 5.32 Å². The molecule has 0 heterocycles. The minimum absolute atomic E-state index is 0.109. The molecule has 0 aliphatic carbocycles. The summed E-state index contributed by atoms with van der Waals surface area (Å²) in [7, 11) is -1.57. The molecule has 7 nitrogen and oxygen atoms in total. The lowest BCUT2D eigenvalue weighted by Crippen LogP contribution is -2.37. The molecule has 0 saturated heterocycles. The molecular weight excluding hydrogens is 303 g/mol. The molecule has 1 amide bonds. The van der Waals surface area contributed by atoms with Gasteiger partial charge in [0.1, 0.15) is 5.82 Å². The first-order chi connectivity index (χ1) is 9.61. The van der Waals surface area contributed by atoms with Gasteiger partial charge in [0.15, 0.2) is 0 Å². The fraction of sp³-hybridized carbons (Fsp3) is 0.333. The lowest BCUT2D eigenvalue weighted by molar-refractivity contribution is -0.120. The molecule has 0 aliphatic heterocycles. The second kappa shape index (κ2) is 6.19. The third-order valence-corrected chi connectivity index (χ3v) is 4.59. The number of carboxylic acid groups (broad SMARTS) is 1. The summed E-state index contributed by atoms with van der Waals surface area (Å²) in [6, 6.07) is 1.76. The van der Waals surface area contributed by atoms with Gasteiger partial charge in [-0.2, -0.15) is 4.31 Å². The van der Waals surface area contributed by atoms with Crippen molar-refractivity contribution in [2.45, 2.75) is 11.8 Å². The van der Waals surface area contributed by atoms with Gasteiger partial charge in [-0.1, -0.05) is 0 Å². The van der Waals surface area contributed by atoms with E-state index in [1.54, 1.807) is 0 Å². The Balaban J connectivity index is 3.32. The third-order valence-electron chi connectivity index (χ3n) is 2.81. The summed E-state index contributed by atoms with van der Waals surface area (Å²) in [6.07, 6.45) is 0. The monoisotopic (exact) mass is 318 g/mol. The number of sulfonamides is 1. The molecule has 0 spiro atoms. The molecule has 9 heteroatoms. The van der Waals surface area contributed by atoms with Crippen molar-refractivity contribution in [3.63, 3.8) is 0 Å². The number of hydrogen-bond acceptors (Lipinski definition) is 4. The van der Waals surface area contributed by atoms with Crippen molar-refractivity contribution in [2.24, 2.45) is 0 Å². The van der Waals surface area contributed by atoms with Gasteiger partial charge in [-0.25, -0.2) is 17.6 Å². The van der Waals surface area contributed by atoms with Crippen LogP contribution in [0.3, 0.4) is 0 Å². The van der Waals surface area contributed by atoms with Gasteiger partial charge >= 0.3 is 5.97 Å². The SMILES string of the molecule is CNC(=O)CN(C)S(=O)(=O)c1cc(C)c(F)c(C(=O)O)c1. The number of nitrogens with one attached hydrogen (secondary N) is 1. The van der Waals surface area contributed by atoms with Crippen LogP contribution in [0.25, 0.3) is 0 Å². The molecule has 0 aliphatic rings. The summed E-state index contributed by atoms with van der Waals surface area (Å²) >= 11 is 0. The predicted molar refractivity (Wildman–Crippen MR) is 72.0 cm³/mol. The van der Waals surface area contributed by atoms with Crippen LogP contribution in [0.15, 0.2) is 17.0 Å². The minimum Gasteiger partial charge on any atom is -0.478 e. The van der Waals surface area contributed by atoms with Gasteiger partial charge in [0, 0.05) is 14.1 Å². The quantitative estimate of drug-likeness (QED) is 0.807. The van der Waals surface area contributed by atoms with Crippen molar-refractivity contribution in [3.8, 4) is 0 Å². The molecule has 0 saturated carbocycles. The summed E-state index contributed by atoms with van der Waals surface area (Å²) < 4.78 is 38.9. The van der Waals surface area contributed by atoms with Crippen molar-refractivity contribution < 1.29 is 27.5 Å². The second-order valence-electron chi connectivity index (χ2n) is 4.34. The number of aromatic carboxylic acids is 1. The molecule has 1 rings (SSSR count). The molecule has 0 radical (unpaired) electrons. The molecule has 21 heavy (non-hydrogen) atoms. The van der Waals surface area contributed by atoms with E-state index in [0.29, 0.717) is 0 Å². The topological polar surface area (TPSA) is 104 Å². The summed E-state index contributed by atoms with van der Waals surface area (Å²) in [6.45, 7) is 0.831. The van der Waals surface area contributed by atoms with Crippen LogP contribution in [0.5, 0.6) is 0 Å². The largest absolute Gasteiger partial charge is 0.478 e. The molecule has 116 valence electrons. The number of hydrogen-bond donors (Lipinski definition) is 2. The smallest absolute Gasteiger partial charge is 0.338 e. The number of nitrogens with zero attached hydrogens (tertiary/aromatic N) is 1. The van der Waals surface area contributed by atoms with Crippen LogP contribution in [-0.2, 0) is 14.8 Å². The maximum Gasteiger partial charge on any atom is 0.338 e.